The smallest absolute Gasteiger partial charge is 0.320 e. The first-order chi connectivity index (χ1) is 34.9. The average Bonchev–Trinajstić information content (AvgIpc) is 4.00. The quantitative estimate of drug-likeness (QED) is 0.0313. The second kappa shape index (κ2) is 24.3. The molecular weight excluding hydrogens is 1000 g/mol. The van der Waals surface area contributed by atoms with Crippen LogP contribution in [0.4, 0.5) is 0 Å². The number of nitrogens with one attached hydrogen (secondary N) is 2. The summed E-state index contributed by atoms with van der Waals surface area (Å²) < 4.78 is 27.4. The number of rotatable bonds is 25. The lowest BCUT2D eigenvalue weighted by Gasteiger charge is -2.19. The van der Waals surface area contributed by atoms with Gasteiger partial charge in [-0.15, -0.1) is 22.7 Å². The van der Waals surface area contributed by atoms with E-state index in [0.29, 0.717) is 44.2 Å². The third-order valence-corrected chi connectivity index (χ3v) is 14.5. The number of carboxylic acids is 2. The number of aliphatic carboxylic acids is 2. The minimum absolute atomic E-state index is 0.0228. The van der Waals surface area contributed by atoms with E-state index >= 15 is 0 Å². The molecule has 20 heteroatoms. The molecule has 0 aliphatic carbocycles. The Balaban J connectivity index is 0.990. The van der Waals surface area contributed by atoms with Gasteiger partial charge >= 0.3 is 11.9 Å². The molecule has 4 heterocycles. The van der Waals surface area contributed by atoms with Crippen LogP contribution in [-0.2, 0) is 49.1 Å². The van der Waals surface area contributed by atoms with Gasteiger partial charge in [0.2, 0.25) is 0 Å². The van der Waals surface area contributed by atoms with Crippen molar-refractivity contribution in [1.29, 1.82) is 0 Å². The summed E-state index contributed by atoms with van der Waals surface area (Å²) in [4.78, 5) is 41.3. The van der Waals surface area contributed by atoms with Gasteiger partial charge in [0, 0.05) is 62.0 Å². The number of hydrogen-bond donors (Lipinski definition) is 6. The van der Waals surface area contributed by atoms with Gasteiger partial charge in [0.25, 0.3) is 0 Å². The summed E-state index contributed by atoms with van der Waals surface area (Å²) in [6.45, 7) is 4.28. The molecule has 0 aliphatic rings. The summed E-state index contributed by atoms with van der Waals surface area (Å²) in [7, 11) is 0. The van der Waals surface area contributed by atoms with Crippen molar-refractivity contribution in [3.05, 3.63) is 151 Å². The molecule has 0 saturated carbocycles. The molecule has 8 aromatic rings. The molecule has 2 unspecified atom stereocenters. The molecule has 72 heavy (non-hydrogen) atoms. The van der Waals surface area contributed by atoms with Gasteiger partial charge in [-0.25, -0.2) is 9.97 Å². The van der Waals surface area contributed by atoms with Crippen molar-refractivity contribution in [3.8, 4) is 34.1 Å². The maximum atomic E-state index is 11.9. The van der Waals surface area contributed by atoms with Gasteiger partial charge in [-0.3, -0.25) is 19.6 Å². The molecule has 16 nitrogen and oxygen atoms in total. The zero-order chi connectivity index (χ0) is 50.7. The molecule has 0 aliphatic heterocycles. The first-order valence-corrected chi connectivity index (χ1v) is 25.1. The highest BCUT2D eigenvalue weighted by molar-refractivity contribution is 7.18. The molecule has 0 saturated heterocycles. The van der Waals surface area contributed by atoms with Crippen LogP contribution in [0.5, 0.6) is 23.0 Å². The summed E-state index contributed by atoms with van der Waals surface area (Å²) in [5.74, 6) is -0.585. The number of carbonyl (C=O) groups is 2. The normalized spacial score (nSPS) is 12.2. The molecular formula is C52H50Cl2N6O10S2. The fourth-order valence-electron chi connectivity index (χ4n) is 7.90. The Morgan fingerprint density at radius 3 is 1.39 bits per heavy atom. The van der Waals surface area contributed by atoms with E-state index in [1.165, 1.54) is 22.7 Å². The first kappa shape index (κ1) is 51.9. The van der Waals surface area contributed by atoms with Gasteiger partial charge in [0.15, 0.2) is 0 Å². The van der Waals surface area contributed by atoms with Crippen LogP contribution in [0, 0.1) is 13.8 Å². The minimum Gasteiger partial charge on any atom is -0.487 e. The Kier molecular flexibility index (Phi) is 17.5. The number of benzene rings is 4. The highest BCUT2D eigenvalue weighted by Gasteiger charge is 2.22. The lowest BCUT2D eigenvalue weighted by molar-refractivity contribution is -0.140. The van der Waals surface area contributed by atoms with E-state index in [1.807, 2.05) is 50.2 Å². The zero-order valence-electron chi connectivity index (χ0n) is 39.1. The number of halogens is 2. The average molecular weight is 1050 g/mol. The van der Waals surface area contributed by atoms with Gasteiger partial charge in [0.05, 0.1) is 42.9 Å². The van der Waals surface area contributed by atoms with Gasteiger partial charge in [-0.05, 0) is 84.3 Å². The Hall–Kier alpha value is -6.48. The summed E-state index contributed by atoms with van der Waals surface area (Å²) in [5, 5.41) is 46.3. The molecule has 0 amide bonds. The van der Waals surface area contributed by atoms with Crippen LogP contribution in [0.3, 0.4) is 0 Å². The summed E-state index contributed by atoms with van der Waals surface area (Å²) in [6, 6.07) is 20.6. The lowest BCUT2D eigenvalue weighted by atomic mass is 9.92. The van der Waals surface area contributed by atoms with E-state index in [4.69, 9.17) is 42.1 Å². The molecule has 0 spiro atoms. The van der Waals surface area contributed by atoms with Crippen LogP contribution in [0.15, 0.2) is 97.6 Å². The number of aromatic nitrogens is 4. The molecule has 0 radical (unpaired) electrons. The van der Waals surface area contributed by atoms with Gasteiger partial charge in [-0.2, -0.15) is 0 Å². The fraction of sp³-hybridized carbons (Fsp3) is 0.269. The number of ether oxygens (including phenoxy) is 4. The van der Waals surface area contributed by atoms with E-state index in [2.05, 4.69) is 42.7 Å². The number of thiazole rings is 2. The predicted molar refractivity (Wildman–Crippen MR) is 276 cm³/mol. The number of aliphatic hydroxyl groups excluding tert-OH is 2. The van der Waals surface area contributed by atoms with Gasteiger partial charge in [-0.1, -0.05) is 59.6 Å². The minimum atomic E-state index is -1.09. The molecule has 4 aromatic heterocycles. The van der Waals surface area contributed by atoms with Crippen molar-refractivity contribution >= 4 is 78.2 Å². The monoisotopic (exact) mass is 1050 g/mol. The van der Waals surface area contributed by atoms with Crippen molar-refractivity contribution in [2.45, 2.75) is 78.3 Å². The second-order valence-corrected chi connectivity index (χ2v) is 19.6. The second-order valence-electron chi connectivity index (χ2n) is 16.6. The van der Waals surface area contributed by atoms with Crippen molar-refractivity contribution in [2.24, 2.45) is 0 Å². The third kappa shape index (κ3) is 12.8. The van der Waals surface area contributed by atoms with Crippen LogP contribution >= 0.6 is 45.9 Å². The Morgan fingerprint density at radius 2 is 1.00 bits per heavy atom. The van der Waals surface area contributed by atoms with Crippen LogP contribution in [0.1, 0.15) is 56.2 Å². The highest BCUT2D eigenvalue weighted by atomic mass is 35.5. The number of carboxylic acid groups (broad SMARTS) is 2. The molecule has 0 bridgehead atoms. The van der Waals surface area contributed by atoms with E-state index in [-0.39, 0.29) is 65.6 Å². The highest BCUT2D eigenvalue weighted by Crippen LogP contribution is 2.38. The SMILES string of the molecule is Cc1c(COc2cc(OCc3nc4cnccc4s3)c(CNC(CCO)C(=O)O)cc2Cl)cccc1-c1cccc(COc2cc(OCc3nc4cnccc4s3)c(CNC(CCO)C(=O)O)cc2Cl)c1C. The fourth-order valence-corrected chi connectivity index (χ4v) is 10.1. The molecule has 4 aromatic carbocycles. The number of aliphatic hydroxyl groups is 2. The Morgan fingerprint density at radius 1 is 0.583 bits per heavy atom. The molecule has 6 N–H and O–H groups in total. The predicted octanol–water partition coefficient (Wildman–Crippen LogP) is 9.45. The lowest BCUT2D eigenvalue weighted by Crippen LogP contribution is -2.37. The van der Waals surface area contributed by atoms with Crippen molar-refractivity contribution in [3.63, 3.8) is 0 Å². The van der Waals surface area contributed by atoms with Crippen molar-refractivity contribution in [2.75, 3.05) is 13.2 Å². The Labute approximate surface area is 432 Å². The number of hydrogen-bond acceptors (Lipinski definition) is 16. The van der Waals surface area contributed by atoms with Crippen LogP contribution in [0.2, 0.25) is 10.0 Å². The van der Waals surface area contributed by atoms with E-state index in [0.717, 1.165) is 63.8 Å². The van der Waals surface area contributed by atoms with E-state index in [9.17, 15) is 30.0 Å². The number of fused-ring (bicyclic) bond motifs is 2. The molecule has 2 atom stereocenters. The summed E-state index contributed by atoms with van der Waals surface area (Å²) >= 11 is 16.6. The number of nitrogens with zero attached hydrogens (tertiary/aromatic N) is 4. The first-order valence-electron chi connectivity index (χ1n) is 22.7. The molecule has 8 rings (SSSR count). The van der Waals surface area contributed by atoms with Crippen LogP contribution in [-0.4, -0.2) is 77.6 Å². The van der Waals surface area contributed by atoms with Gasteiger partial charge < -0.3 is 50.0 Å². The summed E-state index contributed by atoms with van der Waals surface area (Å²) in [6.07, 6.45) is 6.84. The number of pyridine rings is 2. The zero-order valence-corrected chi connectivity index (χ0v) is 42.2. The third-order valence-electron chi connectivity index (χ3n) is 11.9. The largest absolute Gasteiger partial charge is 0.487 e. The van der Waals surface area contributed by atoms with Crippen LogP contribution < -0.4 is 29.6 Å². The van der Waals surface area contributed by atoms with Crippen LogP contribution in [0.25, 0.3) is 31.6 Å². The topological polar surface area (TPSA) is 228 Å². The van der Waals surface area contributed by atoms with Crippen molar-refractivity contribution in [1.82, 2.24) is 30.6 Å². The molecule has 0 fully saturated rings. The Bertz CT molecular complexity index is 2930. The maximum Gasteiger partial charge on any atom is 0.320 e. The van der Waals surface area contributed by atoms with Gasteiger partial charge in [0.1, 0.15) is 71.5 Å². The standard InChI is InChI=1S/C52H50Cl2N6O10S2/c1-29-31(25-67-45-19-43(69-27-49-59-41-23-55-13-9-47(41)71-49)33(17-37(45)53)21-57-39(11-15-61)51(63)64)5-3-7-35(29)36-8-4-6-32(30(36)2)26-68-46-20-44(70-28-50-60-42-24-56-14-10-48(42)72-50)34(18-38(46)54)22-58-40(12-16-62)52(65)66/h3-10,13-14,17-20,23-24,39-40,57-58,61-62H,11-12,15-16,21-22,25-28H2,1-2H3,(H,63,64)(H,65,66). The van der Waals surface area contributed by atoms with Crippen molar-refractivity contribution < 1.29 is 49.0 Å². The molecule has 374 valence electrons. The maximum absolute atomic E-state index is 11.9. The summed E-state index contributed by atoms with van der Waals surface area (Å²) in [5.41, 5.74) is 8.50. The van der Waals surface area contributed by atoms with E-state index < -0.39 is 24.0 Å². The van der Waals surface area contributed by atoms with E-state index in [1.54, 1.807) is 49.1 Å².